The van der Waals surface area contributed by atoms with E-state index in [1.165, 1.54) is 6.07 Å². The number of aryl methyl sites for hydroxylation is 4. The molecule has 0 fully saturated rings. The molecule has 0 saturated heterocycles. The minimum Gasteiger partial charge on any atom is -0.321 e. The van der Waals surface area contributed by atoms with Crippen molar-refractivity contribution >= 4 is 11.6 Å². The fourth-order valence-electron chi connectivity index (χ4n) is 3.98. The summed E-state index contributed by atoms with van der Waals surface area (Å²) in [6, 6.07) is 20.7. The van der Waals surface area contributed by atoms with E-state index >= 15 is 0 Å². The molecule has 0 bridgehead atoms. The van der Waals surface area contributed by atoms with Crippen LogP contribution in [0.5, 0.6) is 0 Å². The van der Waals surface area contributed by atoms with E-state index in [4.69, 9.17) is 0 Å². The monoisotopic (exact) mass is 423 g/mol. The number of aromatic nitrogens is 2. The minimum absolute atomic E-state index is 0.0680. The number of nitrogens with zero attached hydrogens (tertiary/aromatic N) is 2. The molecule has 160 valence electrons. The molecule has 1 N–H and O–H groups in total. The summed E-state index contributed by atoms with van der Waals surface area (Å²) in [5.74, 6) is -0.450. The lowest BCUT2D eigenvalue weighted by atomic mass is 10.0. The number of benzene rings is 2. The maximum atomic E-state index is 13.5. The van der Waals surface area contributed by atoms with Gasteiger partial charge in [0.2, 0.25) is 0 Å². The van der Waals surface area contributed by atoms with Gasteiger partial charge in [0.15, 0.2) is 5.43 Å². The lowest BCUT2D eigenvalue weighted by molar-refractivity contribution is 0.102. The SMILES string of the molecule is Cc1cccc(-n2c(C)cc(=O)c(C(=O)Nc3c(C)cccc3C)c2-c2ccccn2)c1. The molecule has 5 heteroatoms. The van der Waals surface area contributed by atoms with Crippen LogP contribution in [0.4, 0.5) is 5.69 Å². The maximum absolute atomic E-state index is 13.5. The van der Waals surface area contributed by atoms with Crippen molar-refractivity contribution in [3.8, 4) is 17.1 Å². The van der Waals surface area contributed by atoms with Gasteiger partial charge in [0.05, 0.1) is 11.4 Å². The summed E-state index contributed by atoms with van der Waals surface area (Å²) in [7, 11) is 0. The summed E-state index contributed by atoms with van der Waals surface area (Å²) in [5, 5.41) is 2.98. The van der Waals surface area contributed by atoms with Gasteiger partial charge in [-0.05, 0) is 68.7 Å². The lowest BCUT2D eigenvalue weighted by Gasteiger charge is -2.21. The van der Waals surface area contributed by atoms with Crippen molar-refractivity contribution in [2.75, 3.05) is 5.32 Å². The van der Waals surface area contributed by atoms with Crippen LogP contribution < -0.4 is 10.7 Å². The number of nitrogens with one attached hydrogen (secondary N) is 1. The van der Waals surface area contributed by atoms with Crippen LogP contribution in [-0.4, -0.2) is 15.5 Å². The molecule has 2 aromatic carbocycles. The van der Waals surface area contributed by atoms with Crippen LogP contribution >= 0.6 is 0 Å². The van der Waals surface area contributed by atoms with E-state index in [1.807, 2.05) is 92.9 Å². The van der Waals surface area contributed by atoms with E-state index in [9.17, 15) is 9.59 Å². The normalized spacial score (nSPS) is 10.8. The van der Waals surface area contributed by atoms with Gasteiger partial charge in [0.25, 0.3) is 5.91 Å². The number of rotatable bonds is 4. The first-order valence-electron chi connectivity index (χ1n) is 10.5. The Balaban J connectivity index is 1.99. The number of anilines is 1. The zero-order valence-electron chi connectivity index (χ0n) is 18.6. The molecule has 0 radical (unpaired) electrons. The largest absolute Gasteiger partial charge is 0.321 e. The van der Waals surface area contributed by atoms with Crippen molar-refractivity contribution in [3.63, 3.8) is 0 Å². The summed E-state index contributed by atoms with van der Waals surface area (Å²) in [6.45, 7) is 7.74. The van der Waals surface area contributed by atoms with Crippen molar-refractivity contribution in [2.45, 2.75) is 27.7 Å². The number of para-hydroxylation sites is 1. The van der Waals surface area contributed by atoms with Crippen molar-refractivity contribution in [1.29, 1.82) is 0 Å². The average molecular weight is 424 g/mol. The Hall–Kier alpha value is -3.99. The number of carbonyl (C=O) groups excluding carboxylic acids is 1. The molecule has 0 saturated carbocycles. The molecular formula is C27H25N3O2. The van der Waals surface area contributed by atoms with Crippen LogP contribution in [0, 0.1) is 27.7 Å². The minimum atomic E-state index is -0.450. The highest BCUT2D eigenvalue weighted by Gasteiger charge is 2.24. The van der Waals surface area contributed by atoms with Gasteiger partial charge in [-0.3, -0.25) is 14.6 Å². The molecule has 4 rings (SSSR count). The third-order valence-corrected chi connectivity index (χ3v) is 5.51. The fourth-order valence-corrected chi connectivity index (χ4v) is 3.98. The second-order valence-corrected chi connectivity index (χ2v) is 7.98. The van der Waals surface area contributed by atoms with Gasteiger partial charge in [0.1, 0.15) is 5.56 Å². The Labute approximate surface area is 187 Å². The number of carbonyl (C=O) groups is 1. The summed E-state index contributed by atoms with van der Waals surface area (Å²) in [5.41, 5.74) is 6.02. The Kier molecular flexibility index (Phi) is 5.73. The molecule has 2 aromatic heterocycles. The molecule has 0 atom stereocenters. The molecule has 5 nitrogen and oxygen atoms in total. The van der Waals surface area contributed by atoms with E-state index in [0.717, 1.165) is 28.1 Å². The summed E-state index contributed by atoms with van der Waals surface area (Å²) >= 11 is 0. The van der Waals surface area contributed by atoms with Crippen LogP contribution in [0.2, 0.25) is 0 Å². The van der Waals surface area contributed by atoms with Crippen LogP contribution in [0.3, 0.4) is 0 Å². The summed E-state index contributed by atoms with van der Waals surface area (Å²) in [4.78, 5) is 31.2. The highest BCUT2D eigenvalue weighted by molar-refractivity contribution is 6.08. The van der Waals surface area contributed by atoms with Crippen molar-refractivity contribution < 1.29 is 4.79 Å². The molecule has 0 spiro atoms. The molecule has 32 heavy (non-hydrogen) atoms. The van der Waals surface area contributed by atoms with E-state index < -0.39 is 5.91 Å². The van der Waals surface area contributed by atoms with Gasteiger partial charge in [0, 0.05) is 29.3 Å². The van der Waals surface area contributed by atoms with E-state index in [1.54, 1.807) is 6.20 Å². The van der Waals surface area contributed by atoms with Crippen LogP contribution in [0.15, 0.2) is 77.7 Å². The van der Waals surface area contributed by atoms with Crippen LogP contribution in [0.1, 0.15) is 32.7 Å². The first-order valence-corrected chi connectivity index (χ1v) is 10.5. The quantitative estimate of drug-likeness (QED) is 0.479. The first kappa shape index (κ1) is 21.2. The Morgan fingerprint density at radius 1 is 0.875 bits per heavy atom. The highest BCUT2D eigenvalue weighted by atomic mass is 16.2. The summed E-state index contributed by atoms with van der Waals surface area (Å²) in [6.07, 6.45) is 1.66. The fraction of sp³-hybridized carbons (Fsp3) is 0.148. The average Bonchev–Trinajstić information content (AvgIpc) is 2.76. The second-order valence-electron chi connectivity index (χ2n) is 7.98. The van der Waals surface area contributed by atoms with Gasteiger partial charge >= 0.3 is 0 Å². The Morgan fingerprint density at radius 2 is 1.59 bits per heavy atom. The molecule has 0 aliphatic carbocycles. The lowest BCUT2D eigenvalue weighted by Crippen LogP contribution is -2.27. The number of pyridine rings is 2. The first-order chi connectivity index (χ1) is 15.4. The van der Waals surface area contributed by atoms with E-state index in [2.05, 4.69) is 10.3 Å². The topological polar surface area (TPSA) is 64.0 Å². The Morgan fingerprint density at radius 3 is 2.25 bits per heavy atom. The van der Waals surface area contributed by atoms with Gasteiger partial charge in [-0.2, -0.15) is 0 Å². The maximum Gasteiger partial charge on any atom is 0.261 e. The van der Waals surface area contributed by atoms with Crippen LogP contribution in [-0.2, 0) is 0 Å². The van der Waals surface area contributed by atoms with Crippen LogP contribution in [0.25, 0.3) is 17.1 Å². The zero-order valence-corrected chi connectivity index (χ0v) is 18.6. The third kappa shape index (κ3) is 3.97. The van der Waals surface area contributed by atoms with E-state index in [-0.39, 0.29) is 11.0 Å². The number of hydrogen-bond acceptors (Lipinski definition) is 3. The highest BCUT2D eigenvalue weighted by Crippen LogP contribution is 2.27. The molecule has 0 aliphatic heterocycles. The standard InChI is InChI=1S/C27H25N3O2/c1-17-9-7-12-21(15-17)30-20(4)16-23(31)24(26(30)22-13-5-6-14-28-22)27(32)29-25-18(2)10-8-11-19(25)3/h5-16H,1-4H3,(H,29,32). The third-order valence-electron chi connectivity index (χ3n) is 5.51. The Bertz CT molecular complexity index is 1350. The van der Waals surface area contributed by atoms with Crippen molar-refractivity contribution in [2.24, 2.45) is 0 Å². The van der Waals surface area contributed by atoms with Crippen molar-refractivity contribution in [1.82, 2.24) is 9.55 Å². The van der Waals surface area contributed by atoms with Gasteiger partial charge < -0.3 is 9.88 Å². The predicted molar refractivity (Wildman–Crippen MR) is 129 cm³/mol. The number of amides is 1. The molecular weight excluding hydrogens is 398 g/mol. The van der Waals surface area contributed by atoms with Crippen molar-refractivity contribution in [3.05, 3.63) is 111 Å². The molecule has 1 amide bonds. The molecule has 4 aromatic rings. The number of hydrogen-bond donors (Lipinski definition) is 1. The zero-order chi connectivity index (χ0) is 22.8. The second kappa shape index (κ2) is 8.63. The molecule has 0 aliphatic rings. The van der Waals surface area contributed by atoms with Gasteiger partial charge in [-0.15, -0.1) is 0 Å². The smallest absolute Gasteiger partial charge is 0.261 e. The molecule has 0 unspecified atom stereocenters. The summed E-state index contributed by atoms with van der Waals surface area (Å²) < 4.78 is 1.93. The van der Waals surface area contributed by atoms with Gasteiger partial charge in [-0.1, -0.05) is 36.4 Å². The van der Waals surface area contributed by atoms with Gasteiger partial charge in [-0.25, -0.2) is 0 Å². The molecule has 2 heterocycles. The van der Waals surface area contributed by atoms with E-state index in [0.29, 0.717) is 17.1 Å². The predicted octanol–water partition coefficient (Wildman–Crippen LogP) is 5.39.